The maximum Gasteiger partial charge on any atom is 0.236 e. The third-order valence-corrected chi connectivity index (χ3v) is 4.94. The van der Waals surface area contributed by atoms with Gasteiger partial charge in [-0.1, -0.05) is 27.7 Å². The Bertz CT molecular complexity index is 432. The molecule has 22 heavy (non-hydrogen) atoms. The van der Waals surface area contributed by atoms with Crippen LogP contribution in [-0.4, -0.2) is 72.5 Å². The number of amides is 1. The van der Waals surface area contributed by atoms with Crippen molar-refractivity contribution in [3.8, 4) is 6.07 Å². The van der Waals surface area contributed by atoms with Crippen molar-refractivity contribution >= 4 is 5.91 Å². The molecule has 0 aromatic carbocycles. The zero-order valence-corrected chi connectivity index (χ0v) is 14.5. The molecular formula is C17H30N4O. The molecule has 2 saturated heterocycles. The largest absolute Gasteiger partial charge is 0.339 e. The minimum atomic E-state index is -0.0309. The Balaban J connectivity index is 1.79. The quantitative estimate of drug-likeness (QED) is 0.788. The number of hydrogen-bond donors (Lipinski definition) is 0. The summed E-state index contributed by atoms with van der Waals surface area (Å²) in [6, 6.07) is 2.37. The lowest BCUT2D eigenvalue weighted by Crippen LogP contribution is -2.54. The van der Waals surface area contributed by atoms with Gasteiger partial charge in [0.2, 0.25) is 5.91 Å². The summed E-state index contributed by atoms with van der Waals surface area (Å²) < 4.78 is 0. The summed E-state index contributed by atoms with van der Waals surface area (Å²) in [4.78, 5) is 18.9. The van der Waals surface area contributed by atoms with E-state index >= 15 is 0 Å². The average Bonchev–Trinajstić information content (AvgIpc) is 2.79. The lowest BCUT2D eigenvalue weighted by atomic mass is 9.93. The normalized spacial score (nSPS) is 24.5. The van der Waals surface area contributed by atoms with Crippen molar-refractivity contribution in [2.45, 2.75) is 40.2 Å². The Kier molecular flexibility index (Phi) is 5.46. The van der Waals surface area contributed by atoms with E-state index in [4.69, 9.17) is 0 Å². The van der Waals surface area contributed by atoms with E-state index in [1.54, 1.807) is 0 Å². The highest BCUT2D eigenvalue weighted by molar-refractivity contribution is 5.78. The average molecular weight is 306 g/mol. The van der Waals surface area contributed by atoms with E-state index in [2.05, 4.69) is 43.6 Å². The summed E-state index contributed by atoms with van der Waals surface area (Å²) in [5.41, 5.74) is 0.344. The summed E-state index contributed by atoms with van der Waals surface area (Å²) in [6.45, 7) is 14.4. The fraction of sp³-hybridized carbons (Fsp3) is 0.882. The van der Waals surface area contributed by atoms with E-state index in [1.807, 2.05) is 4.90 Å². The molecule has 0 aromatic heterocycles. The van der Waals surface area contributed by atoms with E-state index in [-0.39, 0.29) is 11.9 Å². The van der Waals surface area contributed by atoms with Gasteiger partial charge in [-0.25, -0.2) is 0 Å². The van der Waals surface area contributed by atoms with Gasteiger partial charge in [0.25, 0.3) is 0 Å². The summed E-state index contributed by atoms with van der Waals surface area (Å²) in [5, 5.41) is 9.28. The Labute approximate surface area is 134 Å². The van der Waals surface area contributed by atoms with Crippen LogP contribution in [0.1, 0.15) is 34.1 Å². The molecule has 2 rings (SSSR count). The molecule has 0 aromatic rings. The predicted octanol–water partition coefficient (Wildman–Crippen LogP) is 1.41. The number of nitriles is 1. The van der Waals surface area contributed by atoms with Crippen molar-refractivity contribution in [2.24, 2.45) is 11.3 Å². The molecule has 0 saturated carbocycles. The van der Waals surface area contributed by atoms with Crippen molar-refractivity contribution in [3.05, 3.63) is 0 Å². The number of likely N-dealkylation sites (tertiary alicyclic amines) is 1. The zero-order valence-electron chi connectivity index (χ0n) is 14.5. The number of hydrogen-bond acceptors (Lipinski definition) is 4. The van der Waals surface area contributed by atoms with E-state index < -0.39 is 0 Å². The van der Waals surface area contributed by atoms with Crippen molar-refractivity contribution in [2.75, 3.05) is 45.8 Å². The molecule has 2 heterocycles. The highest BCUT2D eigenvalue weighted by Crippen LogP contribution is 2.28. The Hall–Kier alpha value is -1.12. The van der Waals surface area contributed by atoms with Crippen molar-refractivity contribution in [1.29, 1.82) is 5.26 Å². The van der Waals surface area contributed by atoms with Gasteiger partial charge in [-0.2, -0.15) is 5.26 Å². The second kappa shape index (κ2) is 6.97. The number of rotatable bonds is 4. The molecule has 0 radical (unpaired) electrons. The first-order valence-electron chi connectivity index (χ1n) is 8.46. The van der Waals surface area contributed by atoms with Crippen molar-refractivity contribution < 1.29 is 4.79 Å². The SMILES string of the molecule is CC(C)[C@H](C#N)N1CCN(C(=O)CN2CCC(C)(C)C2)CC1. The molecule has 5 heteroatoms. The molecular weight excluding hydrogens is 276 g/mol. The topological polar surface area (TPSA) is 50.6 Å². The molecule has 1 atom stereocenters. The van der Waals surface area contributed by atoms with Crippen LogP contribution < -0.4 is 0 Å². The van der Waals surface area contributed by atoms with Gasteiger partial charge < -0.3 is 4.90 Å². The molecule has 1 amide bonds. The third kappa shape index (κ3) is 4.21. The van der Waals surface area contributed by atoms with Gasteiger partial charge in [0.1, 0.15) is 6.04 Å². The number of piperazine rings is 1. The molecule has 5 nitrogen and oxygen atoms in total. The zero-order chi connectivity index (χ0) is 16.3. The van der Waals surface area contributed by atoms with Crippen LogP contribution in [0.4, 0.5) is 0 Å². The molecule has 2 aliphatic heterocycles. The summed E-state index contributed by atoms with van der Waals surface area (Å²) in [5.74, 6) is 0.578. The molecule has 0 aliphatic carbocycles. The molecule has 0 spiro atoms. The van der Waals surface area contributed by atoms with Crippen LogP contribution >= 0.6 is 0 Å². The van der Waals surface area contributed by atoms with Crippen LogP contribution in [0.3, 0.4) is 0 Å². The van der Waals surface area contributed by atoms with Crippen molar-refractivity contribution in [3.63, 3.8) is 0 Å². The minimum Gasteiger partial charge on any atom is -0.339 e. The van der Waals surface area contributed by atoms with E-state index in [0.717, 1.165) is 39.3 Å². The lowest BCUT2D eigenvalue weighted by molar-refractivity contribution is -0.134. The van der Waals surface area contributed by atoms with E-state index in [1.165, 1.54) is 6.42 Å². The summed E-state index contributed by atoms with van der Waals surface area (Å²) in [7, 11) is 0. The van der Waals surface area contributed by atoms with Gasteiger partial charge in [0.05, 0.1) is 12.6 Å². The maximum atomic E-state index is 12.4. The van der Waals surface area contributed by atoms with Crippen LogP contribution in [0.25, 0.3) is 0 Å². The lowest BCUT2D eigenvalue weighted by Gasteiger charge is -2.38. The molecule has 0 bridgehead atoms. The first-order valence-corrected chi connectivity index (χ1v) is 8.46. The van der Waals surface area contributed by atoms with Gasteiger partial charge in [-0.3, -0.25) is 14.6 Å². The highest BCUT2D eigenvalue weighted by Gasteiger charge is 2.32. The Morgan fingerprint density at radius 1 is 1.18 bits per heavy atom. The van der Waals surface area contributed by atoms with Gasteiger partial charge in [-0.05, 0) is 24.3 Å². The first-order chi connectivity index (χ1) is 10.3. The van der Waals surface area contributed by atoms with Crippen LogP contribution in [0.2, 0.25) is 0 Å². The molecule has 2 aliphatic rings. The standard InChI is InChI=1S/C17H30N4O/c1-14(2)15(11-18)20-7-9-21(10-8-20)16(22)12-19-6-5-17(3,4)13-19/h14-15H,5-10,12-13H2,1-4H3/t15-/m0/s1. The predicted molar refractivity (Wildman–Crippen MR) is 87.2 cm³/mol. The maximum absolute atomic E-state index is 12.4. The third-order valence-electron chi connectivity index (χ3n) is 4.94. The number of carbonyl (C=O) groups is 1. The second-order valence-electron chi connectivity index (χ2n) is 7.86. The summed E-state index contributed by atoms with van der Waals surface area (Å²) in [6.07, 6.45) is 1.17. The van der Waals surface area contributed by atoms with Crippen LogP contribution in [0.15, 0.2) is 0 Å². The fourth-order valence-electron chi connectivity index (χ4n) is 3.55. The van der Waals surface area contributed by atoms with Gasteiger partial charge in [0.15, 0.2) is 0 Å². The van der Waals surface area contributed by atoms with Crippen LogP contribution in [0.5, 0.6) is 0 Å². The van der Waals surface area contributed by atoms with E-state index in [9.17, 15) is 10.1 Å². The Morgan fingerprint density at radius 2 is 1.82 bits per heavy atom. The molecule has 0 unspecified atom stereocenters. The highest BCUT2D eigenvalue weighted by atomic mass is 16.2. The van der Waals surface area contributed by atoms with E-state index in [0.29, 0.717) is 17.9 Å². The molecule has 0 N–H and O–H groups in total. The van der Waals surface area contributed by atoms with Crippen LogP contribution in [-0.2, 0) is 4.79 Å². The molecule has 2 fully saturated rings. The van der Waals surface area contributed by atoms with Crippen LogP contribution in [0, 0.1) is 22.7 Å². The molecule has 124 valence electrons. The van der Waals surface area contributed by atoms with Gasteiger partial charge in [-0.15, -0.1) is 0 Å². The summed E-state index contributed by atoms with van der Waals surface area (Å²) >= 11 is 0. The Morgan fingerprint density at radius 3 is 2.27 bits per heavy atom. The fourth-order valence-corrected chi connectivity index (χ4v) is 3.55. The smallest absolute Gasteiger partial charge is 0.236 e. The van der Waals surface area contributed by atoms with Gasteiger partial charge >= 0.3 is 0 Å². The second-order valence-corrected chi connectivity index (χ2v) is 7.86. The first kappa shape index (κ1) is 17.2. The minimum absolute atomic E-state index is 0.0309. The van der Waals surface area contributed by atoms with Gasteiger partial charge in [0, 0.05) is 32.7 Å². The monoisotopic (exact) mass is 306 g/mol. The van der Waals surface area contributed by atoms with Crippen molar-refractivity contribution in [1.82, 2.24) is 14.7 Å². The number of carbonyl (C=O) groups excluding carboxylic acids is 1. The number of nitrogens with zero attached hydrogens (tertiary/aromatic N) is 4.